The topological polar surface area (TPSA) is 113 Å². The van der Waals surface area contributed by atoms with E-state index in [0.29, 0.717) is 0 Å². The number of nitrogens with zero attached hydrogens (tertiary/aromatic N) is 2. The van der Waals surface area contributed by atoms with Crippen LogP contribution in [0.4, 0.5) is 11.4 Å². The van der Waals surface area contributed by atoms with Gasteiger partial charge >= 0.3 is 0 Å². The summed E-state index contributed by atoms with van der Waals surface area (Å²) in [4.78, 5) is 9.96. The van der Waals surface area contributed by atoms with E-state index in [4.69, 9.17) is 5.26 Å². The van der Waals surface area contributed by atoms with Crippen molar-refractivity contribution in [2.45, 2.75) is 4.90 Å². The van der Waals surface area contributed by atoms with E-state index in [0.717, 1.165) is 6.07 Å². The molecule has 0 fully saturated rings. The predicted octanol–water partition coefficient (Wildman–Crippen LogP) is 2.27. The van der Waals surface area contributed by atoms with E-state index in [2.05, 4.69) is 4.72 Å². The maximum Gasteiger partial charge on any atom is 0.271 e. The van der Waals surface area contributed by atoms with E-state index in [1.807, 2.05) is 6.07 Å². The SMILES string of the molecule is N#Cc1cccc(S(=O)(=O)Nc2cccc([N+](=O)[O-])c2)c1. The standard InChI is InChI=1S/C13H9N3O4S/c14-9-10-3-1-6-13(7-10)21(19,20)15-11-4-2-5-12(8-11)16(17)18/h1-8,15H. The number of nitro benzene ring substituents is 1. The van der Waals surface area contributed by atoms with Gasteiger partial charge in [-0.15, -0.1) is 0 Å². The van der Waals surface area contributed by atoms with Crippen LogP contribution in [0.5, 0.6) is 0 Å². The van der Waals surface area contributed by atoms with Crippen LogP contribution in [0, 0.1) is 21.4 Å². The summed E-state index contributed by atoms with van der Waals surface area (Å²) in [5.74, 6) is 0. The molecular formula is C13H9N3O4S. The van der Waals surface area contributed by atoms with E-state index in [1.165, 1.54) is 42.5 Å². The van der Waals surface area contributed by atoms with Crippen LogP contribution < -0.4 is 4.72 Å². The molecule has 0 radical (unpaired) electrons. The molecule has 106 valence electrons. The maximum atomic E-state index is 12.2. The molecule has 0 heterocycles. The largest absolute Gasteiger partial charge is 0.279 e. The van der Waals surface area contributed by atoms with E-state index in [9.17, 15) is 18.5 Å². The van der Waals surface area contributed by atoms with Crippen LogP contribution in [-0.4, -0.2) is 13.3 Å². The minimum Gasteiger partial charge on any atom is -0.279 e. The van der Waals surface area contributed by atoms with Crippen LogP contribution in [0.1, 0.15) is 5.56 Å². The Morgan fingerprint density at radius 2 is 1.86 bits per heavy atom. The molecule has 0 aliphatic rings. The first-order chi connectivity index (χ1) is 9.92. The highest BCUT2D eigenvalue weighted by Gasteiger charge is 2.16. The Kier molecular flexibility index (Phi) is 3.86. The molecule has 0 amide bonds. The monoisotopic (exact) mass is 303 g/mol. The lowest BCUT2D eigenvalue weighted by Gasteiger charge is -2.08. The van der Waals surface area contributed by atoms with Gasteiger partial charge in [0.25, 0.3) is 15.7 Å². The Morgan fingerprint density at radius 1 is 1.14 bits per heavy atom. The third-order valence-corrected chi connectivity index (χ3v) is 3.96. The lowest BCUT2D eigenvalue weighted by molar-refractivity contribution is -0.384. The van der Waals surface area contributed by atoms with Gasteiger partial charge < -0.3 is 0 Å². The third kappa shape index (κ3) is 3.34. The van der Waals surface area contributed by atoms with E-state index in [1.54, 1.807) is 0 Å². The zero-order valence-electron chi connectivity index (χ0n) is 10.6. The minimum atomic E-state index is -3.91. The lowest BCUT2D eigenvalue weighted by atomic mass is 10.2. The van der Waals surface area contributed by atoms with E-state index < -0.39 is 14.9 Å². The molecule has 7 nitrogen and oxygen atoms in total. The maximum absolute atomic E-state index is 12.2. The molecule has 21 heavy (non-hydrogen) atoms. The van der Waals surface area contributed by atoms with Gasteiger partial charge in [0.1, 0.15) is 0 Å². The molecule has 0 bridgehead atoms. The molecule has 2 rings (SSSR count). The Balaban J connectivity index is 2.35. The van der Waals surface area contributed by atoms with Crippen LogP contribution in [0.25, 0.3) is 0 Å². The summed E-state index contributed by atoms with van der Waals surface area (Å²) in [6, 6.07) is 12.5. The van der Waals surface area contributed by atoms with E-state index >= 15 is 0 Å². The number of nitriles is 1. The zero-order chi connectivity index (χ0) is 15.5. The summed E-state index contributed by atoms with van der Waals surface area (Å²) < 4.78 is 26.6. The molecule has 8 heteroatoms. The highest BCUT2D eigenvalue weighted by atomic mass is 32.2. The number of sulfonamides is 1. The number of nitro groups is 1. The lowest BCUT2D eigenvalue weighted by Crippen LogP contribution is -2.13. The number of hydrogen-bond donors (Lipinski definition) is 1. The van der Waals surface area contributed by atoms with Crippen molar-refractivity contribution in [2.75, 3.05) is 4.72 Å². The Bertz CT molecular complexity index is 840. The van der Waals surface area contributed by atoms with Gasteiger partial charge in [-0.25, -0.2) is 8.42 Å². The van der Waals surface area contributed by atoms with Gasteiger partial charge in [-0.3, -0.25) is 14.8 Å². The summed E-state index contributed by atoms with van der Waals surface area (Å²) in [5.41, 5.74) is 0.0597. The number of nitrogens with one attached hydrogen (secondary N) is 1. The Morgan fingerprint density at radius 3 is 2.52 bits per heavy atom. The zero-order valence-corrected chi connectivity index (χ0v) is 11.4. The molecule has 0 aliphatic carbocycles. The summed E-state index contributed by atoms with van der Waals surface area (Å²) >= 11 is 0. The van der Waals surface area contributed by atoms with Crippen molar-refractivity contribution in [3.8, 4) is 6.07 Å². The molecule has 0 spiro atoms. The second-order valence-electron chi connectivity index (χ2n) is 4.05. The number of anilines is 1. The molecular weight excluding hydrogens is 294 g/mol. The first-order valence-corrected chi connectivity index (χ1v) is 7.18. The predicted molar refractivity (Wildman–Crippen MR) is 75.1 cm³/mol. The van der Waals surface area contributed by atoms with Gasteiger partial charge in [-0.1, -0.05) is 12.1 Å². The van der Waals surface area contributed by atoms with Crippen molar-refractivity contribution in [2.24, 2.45) is 0 Å². The van der Waals surface area contributed by atoms with Gasteiger partial charge in [0.2, 0.25) is 0 Å². The molecule has 0 aliphatic heterocycles. The number of benzene rings is 2. The molecule has 0 saturated heterocycles. The smallest absolute Gasteiger partial charge is 0.271 e. The first-order valence-electron chi connectivity index (χ1n) is 5.70. The van der Waals surface area contributed by atoms with Crippen molar-refractivity contribution >= 4 is 21.4 Å². The van der Waals surface area contributed by atoms with Gasteiger partial charge in [0.15, 0.2) is 0 Å². The average Bonchev–Trinajstić information content (AvgIpc) is 2.47. The van der Waals surface area contributed by atoms with Crippen molar-refractivity contribution in [1.82, 2.24) is 0 Å². The van der Waals surface area contributed by atoms with Gasteiger partial charge in [-0.2, -0.15) is 5.26 Å². The average molecular weight is 303 g/mol. The summed E-state index contributed by atoms with van der Waals surface area (Å²) in [5, 5.41) is 19.4. The molecule has 0 atom stereocenters. The number of non-ortho nitro benzene ring substituents is 1. The molecule has 1 N–H and O–H groups in total. The van der Waals surface area contributed by atoms with Crippen molar-refractivity contribution in [3.63, 3.8) is 0 Å². The third-order valence-electron chi connectivity index (χ3n) is 2.58. The minimum absolute atomic E-state index is 0.0755. The van der Waals surface area contributed by atoms with Gasteiger partial charge in [0.05, 0.1) is 27.1 Å². The highest BCUT2D eigenvalue weighted by molar-refractivity contribution is 7.92. The quantitative estimate of drug-likeness (QED) is 0.687. The summed E-state index contributed by atoms with van der Waals surface area (Å²) in [6.07, 6.45) is 0. The first kappa shape index (κ1) is 14.5. The van der Waals surface area contributed by atoms with Crippen LogP contribution in [0.2, 0.25) is 0 Å². The van der Waals surface area contributed by atoms with Gasteiger partial charge in [-0.05, 0) is 24.3 Å². The fraction of sp³-hybridized carbons (Fsp3) is 0. The van der Waals surface area contributed by atoms with Gasteiger partial charge in [0, 0.05) is 12.1 Å². The van der Waals surface area contributed by atoms with E-state index in [-0.39, 0.29) is 21.8 Å². The number of rotatable bonds is 4. The second-order valence-corrected chi connectivity index (χ2v) is 5.73. The summed E-state index contributed by atoms with van der Waals surface area (Å²) in [7, 11) is -3.91. The fourth-order valence-electron chi connectivity index (χ4n) is 1.63. The summed E-state index contributed by atoms with van der Waals surface area (Å²) in [6.45, 7) is 0. The van der Waals surface area contributed by atoms with Crippen molar-refractivity contribution in [1.29, 1.82) is 5.26 Å². The molecule has 0 unspecified atom stereocenters. The highest BCUT2D eigenvalue weighted by Crippen LogP contribution is 2.21. The Labute approximate surface area is 120 Å². The molecule has 0 aromatic heterocycles. The normalized spacial score (nSPS) is 10.6. The van der Waals surface area contributed by atoms with Crippen LogP contribution >= 0.6 is 0 Å². The van der Waals surface area contributed by atoms with Crippen LogP contribution in [0.15, 0.2) is 53.4 Å². The van der Waals surface area contributed by atoms with Crippen LogP contribution in [-0.2, 0) is 10.0 Å². The number of hydrogen-bond acceptors (Lipinski definition) is 5. The second kappa shape index (κ2) is 5.60. The molecule has 2 aromatic carbocycles. The fourth-order valence-corrected chi connectivity index (χ4v) is 2.72. The van der Waals surface area contributed by atoms with Crippen molar-refractivity contribution in [3.05, 3.63) is 64.2 Å². The van der Waals surface area contributed by atoms with Crippen molar-refractivity contribution < 1.29 is 13.3 Å². The molecule has 0 saturated carbocycles. The molecule has 2 aromatic rings. The Hall–Kier alpha value is -2.92. The van der Waals surface area contributed by atoms with Crippen LogP contribution in [0.3, 0.4) is 0 Å².